The van der Waals surface area contributed by atoms with Crippen molar-refractivity contribution >= 4 is 0 Å². The van der Waals surface area contributed by atoms with Crippen LogP contribution in [0.3, 0.4) is 0 Å². The molecular formula is C8H11NO. The van der Waals surface area contributed by atoms with E-state index in [0.29, 0.717) is 11.8 Å². The number of nitrogens with one attached hydrogen (secondary N) is 1. The molecule has 1 atom stereocenters. The van der Waals surface area contributed by atoms with E-state index in [1.165, 1.54) is 18.4 Å². The van der Waals surface area contributed by atoms with E-state index in [2.05, 4.69) is 5.32 Å². The van der Waals surface area contributed by atoms with Crippen molar-refractivity contribution in [3.8, 4) is 0 Å². The number of allylic oxidation sites excluding steroid dienone is 1. The fraction of sp³-hybridized carbons (Fsp3) is 0.500. The average molecular weight is 137 g/mol. The van der Waals surface area contributed by atoms with Crippen molar-refractivity contribution in [1.29, 1.82) is 0 Å². The van der Waals surface area contributed by atoms with Crippen LogP contribution in [0.25, 0.3) is 0 Å². The zero-order chi connectivity index (χ0) is 6.97. The monoisotopic (exact) mass is 137 g/mol. The molecule has 1 unspecified atom stereocenters. The number of aliphatic hydroxyl groups excluding tert-OH is 1. The average Bonchev–Trinajstić information content (AvgIpc) is 2.33. The summed E-state index contributed by atoms with van der Waals surface area (Å²) in [6.45, 7) is 0. The first kappa shape index (κ1) is 5.83. The summed E-state index contributed by atoms with van der Waals surface area (Å²) in [6.07, 6.45) is 7.18. The Kier molecular flexibility index (Phi) is 1.19. The highest BCUT2D eigenvalue weighted by Gasteiger charge is 2.21. The van der Waals surface area contributed by atoms with E-state index < -0.39 is 0 Å². The molecule has 1 fully saturated rings. The summed E-state index contributed by atoms with van der Waals surface area (Å²) in [5.74, 6) is 0.369. The van der Waals surface area contributed by atoms with Crippen LogP contribution in [-0.2, 0) is 0 Å². The van der Waals surface area contributed by atoms with Gasteiger partial charge in [0, 0.05) is 12.2 Å². The fourth-order valence-electron chi connectivity index (χ4n) is 1.65. The second-order valence-corrected chi connectivity index (χ2v) is 2.90. The van der Waals surface area contributed by atoms with Crippen molar-refractivity contribution in [2.75, 3.05) is 0 Å². The molecule has 0 saturated heterocycles. The quantitative estimate of drug-likeness (QED) is 0.530. The van der Waals surface area contributed by atoms with Gasteiger partial charge in [-0.2, -0.15) is 0 Å². The molecule has 10 heavy (non-hydrogen) atoms. The molecule has 0 bridgehead atoms. The lowest BCUT2D eigenvalue weighted by molar-refractivity contribution is 0.418. The highest BCUT2D eigenvalue weighted by Crippen LogP contribution is 2.27. The van der Waals surface area contributed by atoms with Crippen molar-refractivity contribution in [2.45, 2.75) is 25.3 Å². The third kappa shape index (κ3) is 0.801. The second kappa shape index (κ2) is 2.04. The molecule has 1 saturated carbocycles. The summed E-state index contributed by atoms with van der Waals surface area (Å²) in [5, 5.41) is 12.2. The molecule has 2 nitrogen and oxygen atoms in total. The van der Waals surface area contributed by atoms with Gasteiger partial charge in [-0.25, -0.2) is 0 Å². The predicted molar refractivity (Wildman–Crippen MR) is 39.6 cm³/mol. The van der Waals surface area contributed by atoms with E-state index in [1.807, 2.05) is 6.08 Å². The van der Waals surface area contributed by atoms with Crippen molar-refractivity contribution < 1.29 is 5.11 Å². The van der Waals surface area contributed by atoms with Crippen molar-refractivity contribution in [2.24, 2.45) is 0 Å². The Hall–Kier alpha value is -0.920. The van der Waals surface area contributed by atoms with Crippen molar-refractivity contribution in [1.82, 2.24) is 5.32 Å². The lowest BCUT2D eigenvalue weighted by atomic mass is 10.1. The molecular weight excluding hydrogens is 126 g/mol. The van der Waals surface area contributed by atoms with Gasteiger partial charge in [0.2, 0.25) is 0 Å². The Balaban J connectivity index is 2.24. The maximum atomic E-state index is 9.08. The normalized spacial score (nSPS) is 30.2. The molecule has 1 aliphatic heterocycles. The Morgan fingerprint density at radius 3 is 3.40 bits per heavy atom. The molecule has 1 aliphatic carbocycles. The van der Waals surface area contributed by atoms with Crippen LogP contribution in [0.5, 0.6) is 0 Å². The summed E-state index contributed by atoms with van der Waals surface area (Å²) in [4.78, 5) is 0. The predicted octanol–water partition coefficient (Wildman–Crippen LogP) is 1.47. The molecule has 54 valence electrons. The Morgan fingerprint density at radius 1 is 1.60 bits per heavy atom. The van der Waals surface area contributed by atoms with Crippen LogP contribution in [0.4, 0.5) is 0 Å². The molecule has 2 aliphatic rings. The highest BCUT2D eigenvalue weighted by molar-refractivity contribution is 5.28. The molecule has 0 amide bonds. The minimum atomic E-state index is 0.369. The molecule has 2 N–H and O–H groups in total. The number of fused-ring (bicyclic) bond motifs is 1. The summed E-state index contributed by atoms with van der Waals surface area (Å²) < 4.78 is 0. The Labute approximate surface area is 60.2 Å². The Bertz CT molecular complexity index is 205. The van der Waals surface area contributed by atoms with Gasteiger partial charge in [0.05, 0.1) is 0 Å². The highest BCUT2D eigenvalue weighted by atomic mass is 16.3. The van der Waals surface area contributed by atoms with Gasteiger partial charge in [-0.15, -0.1) is 0 Å². The number of hydrogen-bond donors (Lipinski definition) is 2. The maximum Gasteiger partial charge on any atom is 0.131 e. The van der Waals surface area contributed by atoms with Crippen LogP contribution < -0.4 is 5.32 Å². The van der Waals surface area contributed by atoms with Gasteiger partial charge >= 0.3 is 0 Å². The maximum absolute atomic E-state index is 9.08. The molecule has 0 aromatic heterocycles. The van der Waals surface area contributed by atoms with Gasteiger partial charge in [0.25, 0.3) is 0 Å². The molecule has 0 aromatic carbocycles. The summed E-state index contributed by atoms with van der Waals surface area (Å²) in [6, 6.07) is 0.524. The summed E-state index contributed by atoms with van der Waals surface area (Å²) in [7, 11) is 0. The molecule has 0 aromatic rings. The van der Waals surface area contributed by atoms with E-state index >= 15 is 0 Å². The molecule has 2 heteroatoms. The SMILES string of the molecule is OC1=CNC2CCCC2=C1. The molecule has 0 spiro atoms. The lowest BCUT2D eigenvalue weighted by Gasteiger charge is -2.16. The van der Waals surface area contributed by atoms with E-state index in [-0.39, 0.29) is 0 Å². The third-order valence-electron chi connectivity index (χ3n) is 2.17. The largest absolute Gasteiger partial charge is 0.506 e. The van der Waals surface area contributed by atoms with Crippen LogP contribution in [0.2, 0.25) is 0 Å². The molecule has 1 heterocycles. The van der Waals surface area contributed by atoms with Crippen LogP contribution >= 0.6 is 0 Å². The minimum absolute atomic E-state index is 0.369. The summed E-state index contributed by atoms with van der Waals surface area (Å²) in [5.41, 5.74) is 1.36. The number of aliphatic hydroxyl groups is 1. The van der Waals surface area contributed by atoms with Crippen LogP contribution in [0.15, 0.2) is 23.6 Å². The number of hydrogen-bond acceptors (Lipinski definition) is 2. The molecule has 2 rings (SSSR count). The fourth-order valence-corrected chi connectivity index (χ4v) is 1.65. The van der Waals surface area contributed by atoms with Crippen LogP contribution in [-0.4, -0.2) is 11.1 Å². The topological polar surface area (TPSA) is 32.3 Å². The first-order valence-electron chi connectivity index (χ1n) is 3.72. The van der Waals surface area contributed by atoms with Gasteiger partial charge in [0.1, 0.15) is 5.76 Å². The van der Waals surface area contributed by atoms with Crippen LogP contribution in [0.1, 0.15) is 19.3 Å². The lowest BCUT2D eigenvalue weighted by Crippen LogP contribution is -2.25. The van der Waals surface area contributed by atoms with Gasteiger partial charge in [-0.1, -0.05) is 0 Å². The van der Waals surface area contributed by atoms with E-state index in [0.717, 1.165) is 6.42 Å². The number of dihydropyridines is 1. The smallest absolute Gasteiger partial charge is 0.131 e. The van der Waals surface area contributed by atoms with E-state index in [9.17, 15) is 0 Å². The zero-order valence-corrected chi connectivity index (χ0v) is 5.80. The van der Waals surface area contributed by atoms with Gasteiger partial charge in [-0.05, 0) is 30.9 Å². The number of rotatable bonds is 0. The Morgan fingerprint density at radius 2 is 2.50 bits per heavy atom. The minimum Gasteiger partial charge on any atom is -0.506 e. The van der Waals surface area contributed by atoms with Crippen molar-refractivity contribution in [3.63, 3.8) is 0 Å². The van der Waals surface area contributed by atoms with Gasteiger partial charge in [0.15, 0.2) is 0 Å². The summed E-state index contributed by atoms with van der Waals surface area (Å²) >= 11 is 0. The first-order valence-corrected chi connectivity index (χ1v) is 3.72. The van der Waals surface area contributed by atoms with Crippen molar-refractivity contribution in [3.05, 3.63) is 23.6 Å². The standard InChI is InChI=1S/C8H11NO/c10-7-4-6-2-1-3-8(6)9-5-7/h4-5,8-10H,1-3H2. The van der Waals surface area contributed by atoms with Gasteiger partial charge in [-0.3, -0.25) is 0 Å². The second-order valence-electron chi connectivity index (χ2n) is 2.90. The van der Waals surface area contributed by atoms with Gasteiger partial charge < -0.3 is 10.4 Å². The van der Waals surface area contributed by atoms with E-state index in [1.54, 1.807) is 6.20 Å². The van der Waals surface area contributed by atoms with Crippen LogP contribution in [0, 0.1) is 0 Å². The van der Waals surface area contributed by atoms with E-state index in [4.69, 9.17) is 5.11 Å². The first-order chi connectivity index (χ1) is 4.86. The third-order valence-corrected chi connectivity index (χ3v) is 2.17. The zero-order valence-electron chi connectivity index (χ0n) is 5.80. The molecule has 0 radical (unpaired) electrons.